The highest BCUT2D eigenvalue weighted by Gasteiger charge is 2.19. The highest BCUT2D eigenvalue weighted by molar-refractivity contribution is 6.05. The van der Waals surface area contributed by atoms with Crippen LogP contribution < -0.4 is 5.32 Å². The van der Waals surface area contributed by atoms with Gasteiger partial charge >= 0.3 is 5.97 Å². The van der Waals surface area contributed by atoms with Gasteiger partial charge in [0.1, 0.15) is 11.6 Å². The lowest BCUT2D eigenvalue weighted by atomic mass is 10.1. The Hall–Kier alpha value is -2.83. The number of methoxy groups -OCH3 is 1. The van der Waals surface area contributed by atoms with E-state index >= 15 is 0 Å². The molecule has 23 heavy (non-hydrogen) atoms. The monoisotopic (exact) mass is 320 g/mol. The number of ether oxygens (including phenoxy) is 1. The number of nitrogens with one attached hydrogen (secondary N) is 1. The summed E-state index contributed by atoms with van der Waals surface area (Å²) in [6.07, 6.45) is 0. The minimum absolute atomic E-state index is 0.249. The maximum atomic E-state index is 13.8. The zero-order chi connectivity index (χ0) is 17.1. The topological polar surface area (TPSA) is 68.3 Å². The molecule has 1 aromatic carbocycles. The molecule has 0 spiro atoms. The molecule has 0 saturated heterocycles. The van der Waals surface area contributed by atoms with E-state index in [9.17, 15) is 18.4 Å². The van der Waals surface area contributed by atoms with E-state index in [2.05, 4.69) is 15.0 Å². The number of hydrogen-bond acceptors (Lipinski definition) is 4. The van der Waals surface area contributed by atoms with Gasteiger partial charge in [0.05, 0.1) is 29.6 Å². The van der Waals surface area contributed by atoms with Crippen LogP contribution in [0.1, 0.15) is 32.1 Å². The summed E-state index contributed by atoms with van der Waals surface area (Å²) < 4.78 is 31.8. The lowest BCUT2D eigenvalue weighted by molar-refractivity contribution is 0.0595. The largest absolute Gasteiger partial charge is 0.465 e. The molecule has 2 rings (SSSR count). The Bertz CT molecular complexity index is 791. The molecule has 7 heteroatoms. The van der Waals surface area contributed by atoms with Crippen molar-refractivity contribution in [3.8, 4) is 0 Å². The first-order chi connectivity index (χ1) is 10.8. The van der Waals surface area contributed by atoms with Gasteiger partial charge in [-0.25, -0.2) is 13.6 Å². The number of carbonyl (C=O) groups excluding carboxylic acids is 2. The van der Waals surface area contributed by atoms with E-state index in [-0.39, 0.29) is 11.3 Å². The average molecular weight is 320 g/mol. The highest BCUT2D eigenvalue weighted by atomic mass is 19.1. The third-order valence-electron chi connectivity index (χ3n) is 3.18. The Morgan fingerprint density at radius 2 is 1.78 bits per heavy atom. The van der Waals surface area contributed by atoms with Crippen LogP contribution >= 0.6 is 0 Å². The minimum Gasteiger partial charge on any atom is -0.465 e. The second-order valence-electron chi connectivity index (χ2n) is 4.84. The van der Waals surface area contributed by atoms with Crippen LogP contribution in [0.15, 0.2) is 24.3 Å². The molecule has 0 fully saturated rings. The number of aromatic nitrogens is 1. The van der Waals surface area contributed by atoms with Crippen LogP contribution in [0.2, 0.25) is 0 Å². The zero-order valence-corrected chi connectivity index (χ0v) is 12.7. The summed E-state index contributed by atoms with van der Waals surface area (Å²) in [5.41, 5.74) is 0.664. The normalized spacial score (nSPS) is 10.3. The number of carbonyl (C=O) groups is 2. The summed E-state index contributed by atoms with van der Waals surface area (Å²) in [5, 5.41) is 2.30. The van der Waals surface area contributed by atoms with Gasteiger partial charge in [0, 0.05) is 11.8 Å². The standard InChI is InChI=1S/C16H14F2N2O3/c1-8-4-5-10(9(2)19-8)15(21)20-14-6-11(16(22)23-3)12(17)7-13(14)18/h4-7H,1-3H3,(H,20,21). The molecule has 1 N–H and O–H groups in total. The molecule has 1 heterocycles. The van der Waals surface area contributed by atoms with Crippen LogP contribution in [0.25, 0.3) is 0 Å². The van der Waals surface area contributed by atoms with Crippen LogP contribution in [0.5, 0.6) is 0 Å². The number of esters is 1. The van der Waals surface area contributed by atoms with Gasteiger partial charge in [-0.1, -0.05) is 0 Å². The summed E-state index contributed by atoms with van der Waals surface area (Å²) in [5.74, 6) is -3.65. The van der Waals surface area contributed by atoms with Crippen molar-refractivity contribution in [2.75, 3.05) is 12.4 Å². The summed E-state index contributed by atoms with van der Waals surface area (Å²) in [4.78, 5) is 27.8. The third kappa shape index (κ3) is 3.50. The zero-order valence-electron chi connectivity index (χ0n) is 12.7. The summed E-state index contributed by atoms with van der Waals surface area (Å²) in [7, 11) is 1.07. The molecule has 0 aliphatic carbocycles. The van der Waals surface area contributed by atoms with Crippen LogP contribution in [0.4, 0.5) is 14.5 Å². The molecule has 2 aromatic rings. The molecule has 0 atom stereocenters. The van der Waals surface area contributed by atoms with Crippen LogP contribution in [-0.2, 0) is 4.74 Å². The molecular weight excluding hydrogens is 306 g/mol. The van der Waals surface area contributed by atoms with Gasteiger partial charge in [0.2, 0.25) is 0 Å². The van der Waals surface area contributed by atoms with Crippen molar-refractivity contribution < 1.29 is 23.1 Å². The number of hydrogen-bond donors (Lipinski definition) is 1. The fourth-order valence-electron chi connectivity index (χ4n) is 2.03. The van der Waals surface area contributed by atoms with E-state index in [1.165, 1.54) is 0 Å². The lowest BCUT2D eigenvalue weighted by Crippen LogP contribution is -2.16. The number of aryl methyl sites for hydroxylation is 2. The van der Waals surface area contributed by atoms with Gasteiger partial charge in [0.25, 0.3) is 5.91 Å². The fraction of sp³-hybridized carbons (Fsp3) is 0.188. The van der Waals surface area contributed by atoms with E-state index in [4.69, 9.17) is 0 Å². The van der Waals surface area contributed by atoms with Crippen LogP contribution in [0, 0.1) is 25.5 Å². The van der Waals surface area contributed by atoms with Crippen molar-refractivity contribution in [3.05, 3.63) is 58.4 Å². The van der Waals surface area contributed by atoms with E-state index in [1.807, 2.05) is 0 Å². The molecule has 0 aliphatic heterocycles. The number of amides is 1. The average Bonchev–Trinajstić information content (AvgIpc) is 2.49. The molecule has 1 aromatic heterocycles. The quantitative estimate of drug-likeness (QED) is 0.883. The number of halogens is 2. The van der Waals surface area contributed by atoms with E-state index in [0.29, 0.717) is 11.8 Å². The van der Waals surface area contributed by atoms with Gasteiger partial charge in [-0.15, -0.1) is 0 Å². The van der Waals surface area contributed by atoms with Crippen molar-refractivity contribution >= 4 is 17.6 Å². The van der Waals surface area contributed by atoms with Gasteiger partial charge in [-0.3, -0.25) is 9.78 Å². The molecular formula is C16H14F2N2O3. The molecule has 0 radical (unpaired) electrons. The van der Waals surface area contributed by atoms with Crippen LogP contribution in [0.3, 0.4) is 0 Å². The predicted molar refractivity (Wildman–Crippen MR) is 79.4 cm³/mol. The first-order valence-electron chi connectivity index (χ1n) is 6.66. The Kier molecular flexibility index (Phi) is 4.68. The van der Waals surface area contributed by atoms with Gasteiger partial charge in [-0.2, -0.15) is 0 Å². The predicted octanol–water partition coefficient (Wildman–Crippen LogP) is 3.02. The van der Waals surface area contributed by atoms with Gasteiger partial charge in [0.15, 0.2) is 0 Å². The van der Waals surface area contributed by atoms with Crippen LogP contribution in [-0.4, -0.2) is 24.0 Å². The molecule has 120 valence electrons. The van der Waals surface area contributed by atoms with Gasteiger partial charge in [-0.05, 0) is 32.0 Å². The molecule has 0 aliphatic rings. The lowest BCUT2D eigenvalue weighted by Gasteiger charge is -2.10. The molecule has 0 saturated carbocycles. The fourth-order valence-corrected chi connectivity index (χ4v) is 2.03. The number of benzene rings is 1. The number of pyridine rings is 1. The first kappa shape index (κ1) is 16.5. The number of rotatable bonds is 3. The smallest absolute Gasteiger partial charge is 0.340 e. The maximum absolute atomic E-state index is 13.8. The van der Waals surface area contributed by atoms with Crippen molar-refractivity contribution in [3.63, 3.8) is 0 Å². The minimum atomic E-state index is -1.07. The van der Waals surface area contributed by atoms with Crippen molar-refractivity contribution in [1.82, 2.24) is 4.98 Å². The highest BCUT2D eigenvalue weighted by Crippen LogP contribution is 2.21. The number of nitrogens with zero attached hydrogens (tertiary/aromatic N) is 1. The molecule has 0 unspecified atom stereocenters. The SMILES string of the molecule is COC(=O)c1cc(NC(=O)c2ccc(C)nc2C)c(F)cc1F. The summed E-state index contributed by atoms with van der Waals surface area (Å²) in [6.45, 7) is 3.42. The summed E-state index contributed by atoms with van der Waals surface area (Å²) in [6, 6.07) is 4.60. The van der Waals surface area contributed by atoms with Gasteiger partial charge < -0.3 is 10.1 Å². The summed E-state index contributed by atoms with van der Waals surface area (Å²) >= 11 is 0. The first-order valence-corrected chi connectivity index (χ1v) is 6.66. The maximum Gasteiger partial charge on any atom is 0.340 e. The van der Waals surface area contributed by atoms with E-state index in [0.717, 1.165) is 18.9 Å². The second kappa shape index (κ2) is 6.51. The Balaban J connectivity index is 2.35. The van der Waals surface area contributed by atoms with Crippen molar-refractivity contribution in [2.24, 2.45) is 0 Å². The Morgan fingerprint density at radius 1 is 1.09 bits per heavy atom. The van der Waals surface area contributed by atoms with E-state index < -0.39 is 29.1 Å². The van der Waals surface area contributed by atoms with Crippen molar-refractivity contribution in [1.29, 1.82) is 0 Å². The number of anilines is 1. The molecule has 5 nitrogen and oxygen atoms in total. The third-order valence-corrected chi connectivity index (χ3v) is 3.18. The Labute approximate surface area is 131 Å². The van der Waals surface area contributed by atoms with E-state index in [1.54, 1.807) is 26.0 Å². The molecule has 1 amide bonds. The Morgan fingerprint density at radius 3 is 2.39 bits per heavy atom. The second-order valence-corrected chi connectivity index (χ2v) is 4.84. The van der Waals surface area contributed by atoms with Crippen molar-refractivity contribution in [2.45, 2.75) is 13.8 Å². The molecule has 0 bridgehead atoms.